The van der Waals surface area contributed by atoms with Crippen LogP contribution in [0.25, 0.3) is 0 Å². The zero-order valence-electron chi connectivity index (χ0n) is 12.5. The molecule has 0 amide bonds. The second-order valence-electron chi connectivity index (χ2n) is 6.20. The molecule has 1 fully saturated rings. The standard InChI is InChI=1S/C17H26ClNO/c1-3-14-8-10-17(20,11-9-14)12-19-13(2)15-6-4-5-7-16(15)18/h4-7,13-14,19-20H,3,8-12H2,1-2H3. The number of hydrogen-bond donors (Lipinski definition) is 2. The molecule has 3 heteroatoms. The van der Waals surface area contributed by atoms with Crippen LogP contribution in [0, 0.1) is 5.92 Å². The molecule has 0 spiro atoms. The number of nitrogens with one attached hydrogen (secondary N) is 1. The van der Waals surface area contributed by atoms with Crippen LogP contribution in [0.5, 0.6) is 0 Å². The van der Waals surface area contributed by atoms with Crippen molar-refractivity contribution in [3.05, 3.63) is 34.9 Å². The number of halogens is 1. The summed E-state index contributed by atoms with van der Waals surface area (Å²) in [5, 5.41) is 14.9. The van der Waals surface area contributed by atoms with Gasteiger partial charge in [-0.25, -0.2) is 0 Å². The monoisotopic (exact) mass is 295 g/mol. The quantitative estimate of drug-likeness (QED) is 0.848. The molecule has 1 aromatic rings. The molecular formula is C17H26ClNO. The van der Waals surface area contributed by atoms with Crippen molar-refractivity contribution in [2.75, 3.05) is 6.54 Å². The molecule has 0 radical (unpaired) electrons. The molecule has 1 aliphatic rings. The molecule has 0 heterocycles. The van der Waals surface area contributed by atoms with E-state index in [1.165, 1.54) is 6.42 Å². The SMILES string of the molecule is CCC1CCC(O)(CNC(C)c2ccccc2Cl)CC1. The third-order valence-corrected chi connectivity index (χ3v) is 5.07. The summed E-state index contributed by atoms with van der Waals surface area (Å²) in [7, 11) is 0. The van der Waals surface area contributed by atoms with E-state index in [1.54, 1.807) is 0 Å². The number of benzene rings is 1. The Kier molecular flexibility index (Phi) is 5.48. The van der Waals surface area contributed by atoms with Crippen LogP contribution in [-0.2, 0) is 0 Å². The van der Waals surface area contributed by atoms with E-state index in [2.05, 4.69) is 19.2 Å². The summed E-state index contributed by atoms with van der Waals surface area (Å²) in [6, 6.07) is 8.06. The lowest BCUT2D eigenvalue weighted by Crippen LogP contribution is -2.44. The Labute approximate surface area is 127 Å². The van der Waals surface area contributed by atoms with Crippen LogP contribution in [0.1, 0.15) is 57.6 Å². The van der Waals surface area contributed by atoms with Crippen LogP contribution in [-0.4, -0.2) is 17.3 Å². The van der Waals surface area contributed by atoms with Crippen molar-refractivity contribution in [3.8, 4) is 0 Å². The number of aliphatic hydroxyl groups is 1. The average Bonchev–Trinajstić information content (AvgIpc) is 2.46. The molecule has 0 saturated heterocycles. The van der Waals surface area contributed by atoms with Gasteiger partial charge in [0.15, 0.2) is 0 Å². The van der Waals surface area contributed by atoms with Gasteiger partial charge in [0, 0.05) is 17.6 Å². The number of hydrogen-bond acceptors (Lipinski definition) is 2. The van der Waals surface area contributed by atoms with E-state index in [4.69, 9.17) is 11.6 Å². The predicted octanol–water partition coefficient (Wildman–Crippen LogP) is 4.32. The second kappa shape index (κ2) is 6.93. The van der Waals surface area contributed by atoms with E-state index in [9.17, 15) is 5.11 Å². The van der Waals surface area contributed by atoms with Crippen molar-refractivity contribution >= 4 is 11.6 Å². The summed E-state index contributed by atoms with van der Waals surface area (Å²) in [6.07, 6.45) is 5.35. The smallest absolute Gasteiger partial charge is 0.0772 e. The molecule has 1 unspecified atom stereocenters. The lowest BCUT2D eigenvalue weighted by molar-refractivity contribution is -0.0103. The molecule has 2 N–H and O–H groups in total. The van der Waals surface area contributed by atoms with Gasteiger partial charge in [0.2, 0.25) is 0 Å². The van der Waals surface area contributed by atoms with E-state index in [0.29, 0.717) is 6.54 Å². The molecule has 0 aromatic heterocycles. The van der Waals surface area contributed by atoms with E-state index >= 15 is 0 Å². The topological polar surface area (TPSA) is 32.3 Å². The van der Waals surface area contributed by atoms with Crippen molar-refractivity contribution in [2.45, 2.75) is 57.6 Å². The maximum Gasteiger partial charge on any atom is 0.0772 e. The van der Waals surface area contributed by atoms with Crippen molar-refractivity contribution in [2.24, 2.45) is 5.92 Å². The molecular weight excluding hydrogens is 270 g/mol. The summed E-state index contributed by atoms with van der Waals surface area (Å²) >= 11 is 6.21. The van der Waals surface area contributed by atoms with Crippen LogP contribution in [0.4, 0.5) is 0 Å². The Morgan fingerprint density at radius 2 is 2.00 bits per heavy atom. The predicted molar refractivity (Wildman–Crippen MR) is 85.1 cm³/mol. The summed E-state index contributed by atoms with van der Waals surface area (Å²) in [4.78, 5) is 0. The number of rotatable bonds is 5. The van der Waals surface area contributed by atoms with Crippen LogP contribution in [0.3, 0.4) is 0 Å². The van der Waals surface area contributed by atoms with Gasteiger partial charge < -0.3 is 10.4 Å². The average molecular weight is 296 g/mol. The Bertz CT molecular complexity index is 427. The van der Waals surface area contributed by atoms with Gasteiger partial charge in [0.25, 0.3) is 0 Å². The first-order valence-electron chi connectivity index (χ1n) is 7.74. The molecule has 20 heavy (non-hydrogen) atoms. The summed E-state index contributed by atoms with van der Waals surface area (Å²) in [5.74, 6) is 0.802. The molecule has 2 nitrogen and oxygen atoms in total. The van der Waals surface area contributed by atoms with E-state index in [0.717, 1.165) is 42.2 Å². The fraction of sp³-hybridized carbons (Fsp3) is 0.647. The van der Waals surface area contributed by atoms with E-state index < -0.39 is 5.60 Å². The van der Waals surface area contributed by atoms with Gasteiger partial charge in [0.1, 0.15) is 0 Å². The van der Waals surface area contributed by atoms with E-state index in [-0.39, 0.29) is 6.04 Å². The molecule has 2 rings (SSSR count). The minimum atomic E-state index is -0.540. The van der Waals surface area contributed by atoms with Crippen molar-refractivity contribution < 1.29 is 5.11 Å². The zero-order valence-corrected chi connectivity index (χ0v) is 13.3. The van der Waals surface area contributed by atoms with Crippen LogP contribution in [0.15, 0.2) is 24.3 Å². The largest absolute Gasteiger partial charge is 0.389 e. The second-order valence-corrected chi connectivity index (χ2v) is 6.61. The Balaban J connectivity index is 1.87. The molecule has 112 valence electrons. The van der Waals surface area contributed by atoms with Gasteiger partial charge in [-0.1, -0.05) is 43.1 Å². The molecule has 0 bridgehead atoms. The Morgan fingerprint density at radius 3 is 2.60 bits per heavy atom. The molecule has 1 atom stereocenters. The highest BCUT2D eigenvalue weighted by molar-refractivity contribution is 6.31. The normalized spacial score (nSPS) is 28.3. The van der Waals surface area contributed by atoms with Crippen molar-refractivity contribution in [3.63, 3.8) is 0 Å². The molecule has 1 saturated carbocycles. The van der Waals surface area contributed by atoms with Gasteiger partial charge in [0.05, 0.1) is 5.60 Å². The Hall–Kier alpha value is -0.570. The van der Waals surface area contributed by atoms with Gasteiger partial charge in [-0.15, -0.1) is 0 Å². The first kappa shape index (κ1) is 15.8. The van der Waals surface area contributed by atoms with Crippen molar-refractivity contribution in [1.29, 1.82) is 0 Å². The van der Waals surface area contributed by atoms with Crippen LogP contribution >= 0.6 is 11.6 Å². The fourth-order valence-corrected chi connectivity index (χ4v) is 3.38. The third-order valence-electron chi connectivity index (χ3n) is 4.72. The highest BCUT2D eigenvalue weighted by Crippen LogP contribution is 2.33. The lowest BCUT2D eigenvalue weighted by atomic mass is 9.77. The van der Waals surface area contributed by atoms with Gasteiger partial charge in [-0.2, -0.15) is 0 Å². The third kappa shape index (κ3) is 3.97. The first-order valence-corrected chi connectivity index (χ1v) is 8.12. The summed E-state index contributed by atoms with van der Waals surface area (Å²) in [6.45, 7) is 4.99. The fourth-order valence-electron chi connectivity index (χ4n) is 3.08. The molecule has 1 aliphatic carbocycles. The highest BCUT2D eigenvalue weighted by atomic mass is 35.5. The zero-order chi connectivity index (χ0) is 14.6. The first-order chi connectivity index (χ1) is 9.54. The van der Waals surface area contributed by atoms with Crippen LogP contribution < -0.4 is 5.32 Å². The molecule has 1 aromatic carbocycles. The van der Waals surface area contributed by atoms with Gasteiger partial charge in [-0.3, -0.25) is 0 Å². The van der Waals surface area contributed by atoms with Crippen LogP contribution in [0.2, 0.25) is 5.02 Å². The minimum absolute atomic E-state index is 0.164. The molecule has 0 aliphatic heterocycles. The van der Waals surface area contributed by atoms with E-state index in [1.807, 2.05) is 24.3 Å². The minimum Gasteiger partial charge on any atom is -0.389 e. The Morgan fingerprint density at radius 1 is 1.35 bits per heavy atom. The van der Waals surface area contributed by atoms with Crippen molar-refractivity contribution in [1.82, 2.24) is 5.32 Å². The maximum absolute atomic E-state index is 10.7. The van der Waals surface area contributed by atoms with Gasteiger partial charge in [-0.05, 0) is 50.2 Å². The van der Waals surface area contributed by atoms with Gasteiger partial charge >= 0.3 is 0 Å². The maximum atomic E-state index is 10.7. The highest BCUT2D eigenvalue weighted by Gasteiger charge is 2.32. The lowest BCUT2D eigenvalue weighted by Gasteiger charge is -2.36. The summed E-state index contributed by atoms with van der Waals surface area (Å²) in [5.41, 5.74) is 0.557. The summed E-state index contributed by atoms with van der Waals surface area (Å²) < 4.78 is 0.